The number of rotatable bonds is 2. The summed E-state index contributed by atoms with van der Waals surface area (Å²) < 4.78 is 0. The van der Waals surface area contributed by atoms with Gasteiger partial charge in [0.05, 0.1) is 0 Å². The fraction of sp³-hybridized carbons (Fsp3) is 0.583. The Morgan fingerprint density at radius 1 is 1.44 bits per heavy atom. The Morgan fingerprint density at radius 3 is 3.00 bits per heavy atom. The van der Waals surface area contributed by atoms with E-state index in [-0.39, 0.29) is 0 Å². The van der Waals surface area contributed by atoms with Gasteiger partial charge in [-0.05, 0) is 24.8 Å². The molecule has 84 valence electrons. The first-order valence-electron chi connectivity index (χ1n) is 5.79. The Bertz CT molecular complexity index is 396. The van der Waals surface area contributed by atoms with Crippen LogP contribution in [-0.4, -0.2) is 16.0 Å². The second kappa shape index (κ2) is 4.93. The Balaban J connectivity index is 2.05. The van der Waals surface area contributed by atoms with Gasteiger partial charge in [-0.1, -0.05) is 19.8 Å². The number of nitrogens with zero attached hydrogens (tertiary/aromatic N) is 3. The second-order valence-corrected chi connectivity index (χ2v) is 4.39. The number of hydrogen-bond acceptors (Lipinski definition) is 4. The van der Waals surface area contributed by atoms with Gasteiger partial charge in [-0.25, -0.2) is 9.97 Å². The second-order valence-electron chi connectivity index (χ2n) is 4.39. The largest absolute Gasteiger partial charge is 0.351 e. The van der Waals surface area contributed by atoms with E-state index in [4.69, 9.17) is 5.26 Å². The van der Waals surface area contributed by atoms with Crippen molar-refractivity contribution in [1.82, 2.24) is 9.97 Å². The van der Waals surface area contributed by atoms with Crippen molar-refractivity contribution in [2.24, 2.45) is 5.92 Å². The lowest BCUT2D eigenvalue weighted by Crippen LogP contribution is -2.31. The van der Waals surface area contributed by atoms with Gasteiger partial charge >= 0.3 is 0 Å². The Labute approximate surface area is 95.7 Å². The van der Waals surface area contributed by atoms with Crippen LogP contribution in [0.3, 0.4) is 0 Å². The first-order chi connectivity index (χ1) is 7.79. The molecular formula is C12H16N4. The van der Waals surface area contributed by atoms with E-state index in [9.17, 15) is 0 Å². The van der Waals surface area contributed by atoms with Crippen LogP contribution in [0.1, 0.15) is 38.3 Å². The molecule has 0 aliphatic heterocycles. The maximum atomic E-state index is 8.75. The molecule has 0 saturated heterocycles. The van der Waals surface area contributed by atoms with E-state index in [0.29, 0.717) is 23.6 Å². The zero-order chi connectivity index (χ0) is 11.4. The Morgan fingerprint density at radius 2 is 2.25 bits per heavy atom. The summed E-state index contributed by atoms with van der Waals surface area (Å²) in [6.07, 6.45) is 6.64. The van der Waals surface area contributed by atoms with Crippen LogP contribution in [0.2, 0.25) is 0 Å². The molecule has 1 saturated carbocycles. The van der Waals surface area contributed by atoms with Gasteiger partial charge in [0.25, 0.3) is 0 Å². The third-order valence-electron chi connectivity index (χ3n) is 3.20. The predicted octanol–water partition coefficient (Wildman–Crippen LogP) is 2.34. The number of anilines is 1. The fourth-order valence-corrected chi connectivity index (χ4v) is 2.19. The number of aromatic nitrogens is 2. The third kappa shape index (κ3) is 2.48. The van der Waals surface area contributed by atoms with E-state index < -0.39 is 0 Å². The fourth-order valence-electron chi connectivity index (χ4n) is 2.19. The molecule has 0 aromatic carbocycles. The molecule has 1 aromatic rings. The van der Waals surface area contributed by atoms with Crippen molar-refractivity contribution in [3.63, 3.8) is 0 Å². The van der Waals surface area contributed by atoms with Crippen LogP contribution in [0.4, 0.5) is 5.95 Å². The van der Waals surface area contributed by atoms with E-state index in [2.05, 4.69) is 22.2 Å². The summed E-state index contributed by atoms with van der Waals surface area (Å²) in [6, 6.07) is 4.09. The van der Waals surface area contributed by atoms with Crippen LogP contribution >= 0.6 is 0 Å². The Hall–Kier alpha value is -1.63. The SMILES string of the molecule is CC1CCCCC1Nc1nccc(C#N)n1. The average molecular weight is 216 g/mol. The van der Waals surface area contributed by atoms with Crippen LogP contribution in [0.25, 0.3) is 0 Å². The zero-order valence-electron chi connectivity index (χ0n) is 9.48. The van der Waals surface area contributed by atoms with E-state index in [1.54, 1.807) is 12.3 Å². The number of nitriles is 1. The highest BCUT2D eigenvalue weighted by atomic mass is 15.1. The van der Waals surface area contributed by atoms with E-state index >= 15 is 0 Å². The highest BCUT2D eigenvalue weighted by molar-refractivity contribution is 5.31. The minimum atomic E-state index is 0.418. The van der Waals surface area contributed by atoms with Gasteiger partial charge < -0.3 is 5.32 Å². The molecule has 4 heteroatoms. The molecule has 2 atom stereocenters. The Kier molecular flexibility index (Phi) is 3.35. The number of nitrogens with one attached hydrogen (secondary N) is 1. The van der Waals surface area contributed by atoms with Crippen molar-refractivity contribution < 1.29 is 0 Å². The predicted molar refractivity (Wildman–Crippen MR) is 61.8 cm³/mol. The molecule has 0 bridgehead atoms. The van der Waals surface area contributed by atoms with Crippen LogP contribution in [0, 0.1) is 17.2 Å². The molecule has 2 unspecified atom stereocenters. The highest BCUT2D eigenvalue weighted by Crippen LogP contribution is 2.25. The summed E-state index contributed by atoms with van der Waals surface area (Å²) in [5.74, 6) is 1.24. The van der Waals surface area contributed by atoms with Crippen LogP contribution < -0.4 is 5.32 Å². The lowest BCUT2D eigenvalue weighted by Gasteiger charge is -2.29. The molecule has 4 nitrogen and oxygen atoms in total. The van der Waals surface area contributed by atoms with E-state index in [1.807, 2.05) is 6.07 Å². The summed E-state index contributed by atoms with van der Waals surface area (Å²) >= 11 is 0. The summed E-state index contributed by atoms with van der Waals surface area (Å²) in [7, 11) is 0. The zero-order valence-corrected chi connectivity index (χ0v) is 9.48. The lowest BCUT2D eigenvalue weighted by molar-refractivity contribution is 0.348. The third-order valence-corrected chi connectivity index (χ3v) is 3.20. The van der Waals surface area contributed by atoms with Crippen LogP contribution in [0.5, 0.6) is 0 Å². The molecule has 0 radical (unpaired) electrons. The maximum Gasteiger partial charge on any atom is 0.224 e. The lowest BCUT2D eigenvalue weighted by atomic mass is 9.86. The normalized spacial score (nSPS) is 24.8. The summed E-state index contributed by atoms with van der Waals surface area (Å²) in [6.45, 7) is 2.25. The highest BCUT2D eigenvalue weighted by Gasteiger charge is 2.21. The first-order valence-corrected chi connectivity index (χ1v) is 5.79. The maximum absolute atomic E-state index is 8.75. The van der Waals surface area contributed by atoms with Crippen molar-refractivity contribution in [3.05, 3.63) is 18.0 Å². The van der Waals surface area contributed by atoms with Crippen molar-refractivity contribution in [2.75, 3.05) is 5.32 Å². The van der Waals surface area contributed by atoms with Gasteiger partial charge in [0, 0.05) is 12.2 Å². The van der Waals surface area contributed by atoms with E-state index in [1.165, 1.54) is 25.7 Å². The minimum absolute atomic E-state index is 0.418. The van der Waals surface area contributed by atoms with Crippen molar-refractivity contribution in [2.45, 2.75) is 38.6 Å². The monoisotopic (exact) mass is 216 g/mol. The molecule has 1 fully saturated rings. The molecule has 0 spiro atoms. The van der Waals surface area contributed by atoms with Crippen molar-refractivity contribution >= 4 is 5.95 Å². The average Bonchev–Trinajstić information content (AvgIpc) is 2.32. The molecule has 1 aliphatic carbocycles. The minimum Gasteiger partial charge on any atom is -0.351 e. The first kappa shape index (κ1) is 10.9. The summed E-state index contributed by atoms with van der Waals surface area (Å²) in [4.78, 5) is 8.28. The molecule has 1 heterocycles. The van der Waals surface area contributed by atoms with Crippen molar-refractivity contribution in [1.29, 1.82) is 5.26 Å². The quantitative estimate of drug-likeness (QED) is 0.824. The van der Waals surface area contributed by atoms with Gasteiger partial charge in [-0.15, -0.1) is 0 Å². The summed E-state index contributed by atoms with van der Waals surface area (Å²) in [5.41, 5.74) is 0.418. The molecular weight excluding hydrogens is 200 g/mol. The molecule has 1 aliphatic rings. The smallest absolute Gasteiger partial charge is 0.224 e. The molecule has 16 heavy (non-hydrogen) atoms. The van der Waals surface area contributed by atoms with Crippen LogP contribution in [-0.2, 0) is 0 Å². The molecule has 1 aromatic heterocycles. The molecule has 0 amide bonds. The van der Waals surface area contributed by atoms with Gasteiger partial charge in [-0.2, -0.15) is 5.26 Å². The number of hydrogen-bond donors (Lipinski definition) is 1. The topological polar surface area (TPSA) is 61.6 Å². The van der Waals surface area contributed by atoms with Gasteiger partial charge in [0.15, 0.2) is 0 Å². The summed E-state index contributed by atoms with van der Waals surface area (Å²) in [5, 5.41) is 12.1. The molecule has 1 N–H and O–H groups in total. The standard InChI is InChI=1S/C12H16N4/c1-9-4-2-3-5-11(9)16-12-14-7-6-10(8-13)15-12/h6-7,9,11H,2-5H2,1H3,(H,14,15,16). The van der Waals surface area contributed by atoms with Gasteiger partial charge in [-0.3, -0.25) is 0 Å². The van der Waals surface area contributed by atoms with Crippen LogP contribution in [0.15, 0.2) is 12.3 Å². The van der Waals surface area contributed by atoms with Crippen molar-refractivity contribution in [3.8, 4) is 6.07 Å². The van der Waals surface area contributed by atoms with E-state index in [0.717, 1.165) is 0 Å². The van der Waals surface area contributed by atoms with Gasteiger partial charge in [0.2, 0.25) is 5.95 Å². The van der Waals surface area contributed by atoms with Gasteiger partial charge in [0.1, 0.15) is 11.8 Å². The molecule has 2 rings (SSSR count).